The van der Waals surface area contributed by atoms with Crippen molar-refractivity contribution in [2.24, 2.45) is 5.92 Å². The second-order valence-corrected chi connectivity index (χ2v) is 16.5. The van der Waals surface area contributed by atoms with Crippen molar-refractivity contribution in [3.63, 3.8) is 0 Å². The van der Waals surface area contributed by atoms with Crippen LogP contribution in [0.5, 0.6) is 0 Å². The highest BCUT2D eigenvalue weighted by Crippen LogP contribution is 2.34. The fraction of sp³-hybridized carbons (Fsp3) is 0.622. The number of rotatable bonds is 14. The van der Waals surface area contributed by atoms with Gasteiger partial charge in [0.25, 0.3) is 5.91 Å². The first-order chi connectivity index (χ1) is 23.7. The topological polar surface area (TPSA) is 138 Å². The minimum atomic E-state index is -3.57. The average Bonchev–Trinajstić information content (AvgIpc) is 3.69. The number of nitrogens with zero attached hydrogens (tertiary/aromatic N) is 5. The second kappa shape index (κ2) is 15.7. The normalized spacial score (nSPS) is 19.2. The van der Waals surface area contributed by atoms with E-state index in [1.54, 1.807) is 22.7 Å². The molecule has 2 saturated heterocycles. The molecule has 5 rings (SSSR count). The molecule has 0 spiro atoms. The molecule has 1 aromatic carbocycles. The quantitative estimate of drug-likeness (QED) is 0.215. The molecule has 2 fully saturated rings. The third kappa shape index (κ3) is 9.14. The van der Waals surface area contributed by atoms with Crippen molar-refractivity contribution in [3.05, 3.63) is 52.8 Å². The molecule has 2 N–H and O–H groups in total. The first kappa shape index (κ1) is 37.5. The summed E-state index contributed by atoms with van der Waals surface area (Å²) in [6.07, 6.45) is 9.99. The summed E-state index contributed by atoms with van der Waals surface area (Å²) in [5, 5.41) is 8.18. The van der Waals surface area contributed by atoms with Crippen LogP contribution in [0.25, 0.3) is 5.65 Å². The molecule has 0 bridgehead atoms. The van der Waals surface area contributed by atoms with E-state index in [-0.39, 0.29) is 41.1 Å². The van der Waals surface area contributed by atoms with E-state index in [0.717, 1.165) is 80.4 Å². The van der Waals surface area contributed by atoms with Gasteiger partial charge in [-0.1, -0.05) is 31.9 Å². The fourth-order valence-electron chi connectivity index (χ4n) is 7.32. The molecule has 0 saturated carbocycles. The van der Waals surface area contributed by atoms with Gasteiger partial charge in [0.05, 0.1) is 34.8 Å². The van der Waals surface area contributed by atoms with E-state index in [9.17, 15) is 18.0 Å². The molecule has 12 nitrogen and oxygen atoms in total. The number of benzene rings is 1. The zero-order valence-corrected chi connectivity index (χ0v) is 31.6. The summed E-state index contributed by atoms with van der Waals surface area (Å²) in [6, 6.07) is 6.89. The minimum Gasteiger partial charge on any atom is -0.376 e. The van der Waals surface area contributed by atoms with Crippen molar-refractivity contribution in [1.29, 1.82) is 0 Å². The van der Waals surface area contributed by atoms with E-state index >= 15 is 0 Å². The lowest BCUT2D eigenvalue weighted by atomic mass is 9.97. The van der Waals surface area contributed by atoms with Crippen molar-refractivity contribution in [2.75, 3.05) is 42.1 Å². The maximum atomic E-state index is 14.0. The Balaban J connectivity index is 1.28. The third-order valence-electron chi connectivity index (χ3n) is 9.94. The molecule has 0 aliphatic carbocycles. The fourth-order valence-corrected chi connectivity index (χ4v) is 7.90. The zero-order valence-electron chi connectivity index (χ0n) is 30.8. The van der Waals surface area contributed by atoms with Crippen LogP contribution in [-0.2, 0) is 19.6 Å². The largest absolute Gasteiger partial charge is 0.376 e. The van der Waals surface area contributed by atoms with E-state index in [1.165, 1.54) is 0 Å². The third-order valence-corrected chi connectivity index (χ3v) is 10.5. The van der Waals surface area contributed by atoms with Crippen LogP contribution in [0, 0.1) is 19.8 Å². The van der Waals surface area contributed by atoms with Gasteiger partial charge in [-0.3, -0.25) is 14.3 Å². The molecule has 50 heavy (non-hydrogen) atoms. The van der Waals surface area contributed by atoms with Gasteiger partial charge in [0.2, 0.25) is 15.9 Å². The van der Waals surface area contributed by atoms with Crippen LogP contribution in [0.3, 0.4) is 0 Å². The molecule has 0 radical (unpaired) electrons. The van der Waals surface area contributed by atoms with E-state index in [0.29, 0.717) is 37.3 Å². The molecule has 2 amide bonds. The summed E-state index contributed by atoms with van der Waals surface area (Å²) in [4.78, 5) is 36.3. The molecule has 4 heterocycles. The molecule has 3 aromatic rings. The first-order valence-corrected chi connectivity index (χ1v) is 20.0. The van der Waals surface area contributed by atoms with E-state index in [1.807, 2.05) is 31.0 Å². The standard InChI is InChI=1S/C37H55N7O5S/c1-8-17-37(5,6)49-20-16-27(9-2)35(45)38-28-15-19-42(24-28)34-26(4)23-44-33(39-34)22-31(40-44)32-12-10-11-18-43(32)36(46)29-21-25(3)13-14-30(29)41-50(7,47)48/h13-14,21-23,27-28,32,41H,8-12,15-20,24H2,1-7H3,(H,38,45)/t27-,28?,32?/m1/s1. The van der Waals surface area contributed by atoms with Gasteiger partial charge in [0.15, 0.2) is 5.65 Å². The molecular formula is C37H55N7O5S. The van der Waals surface area contributed by atoms with Crippen LogP contribution >= 0.6 is 0 Å². The first-order valence-electron chi connectivity index (χ1n) is 18.1. The van der Waals surface area contributed by atoms with E-state index < -0.39 is 10.0 Å². The highest BCUT2D eigenvalue weighted by molar-refractivity contribution is 7.92. The molecule has 13 heteroatoms. The number of ether oxygens (including phenoxy) is 1. The maximum Gasteiger partial charge on any atom is 0.256 e. The number of carbonyl (C=O) groups is 2. The monoisotopic (exact) mass is 709 g/mol. The number of likely N-dealkylation sites (tertiary alicyclic amines) is 1. The Bertz CT molecular complexity index is 1790. The average molecular weight is 710 g/mol. The van der Waals surface area contributed by atoms with Crippen LogP contribution in [0.1, 0.15) is 112 Å². The van der Waals surface area contributed by atoms with E-state index in [4.69, 9.17) is 14.8 Å². The van der Waals surface area contributed by atoms with Crippen molar-refractivity contribution in [2.45, 2.75) is 111 Å². The zero-order chi connectivity index (χ0) is 36.2. The number of piperidine rings is 1. The van der Waals surface area contributed by atoms with Gasteiger partial charge in [-0.2, -0.15) is 5.10 Å². The predicted octanol–water partition coefficient (Wildman–Crippen LogP) is 5.79. The lowest BCUT2D eigenvalue weighted by molar-refractivity contribution is -0.127. The summed E-state index contributed by atoms with van der Waals surface area (Å²) in [7, 11) is -3.57. The molecule has 3 atom stereocenters. The van der Waals surface area contributed by atoms with Gasteiger partial charge >= 0.3 is 0 Å². The SMILES string of the molecule is CCCC(C)(C)OCC[C@@H](CC)C(=O)NC1CCN(c2nc3cc(C4CCCCN4C(=O)c4cc(C)ccc4NS(C)(=O)=O)nn3cc2C)C1. The van der Waals surface area contributed by atoms with Gasteiger partial charge in [-0.05, 0) is 84.8 Å². The van der Waals surface area contributed by atoms with Crippen LogP contribution in [0.4, 0.5) is 11.5 Å². The Labute approximate surface area is 297 Å². The smallest absolute Gasteiger partial charge is 0.256 e. The summed E-state index contributed by atoms with van der Waals surface area (Å²) < 4.78 is 34.5. The summed E-state index contributed by atoms with van der Waals surface area (Å²) in [5.74, 6) is 0.651. The molecule has 2 unspecified atom stereocenters. The number of aromatic nitrogens is 3. The summed E-state index contributed by atoms with van der Waals surface area (Å²) >= 11 is 0. The lowest BCUT2D eigenvalue weighted by Crippen LogP contribution is -2.41. The van der Waals surface area contributed by atoms with Crippen LogP contribution < -0.4 is 14.9 Å². The van der Waals surface area contributed by atoms with Crippen molar-refractivity contribution >= 4 is 39.0 Å². The Morgan fingerprint density at radius 3 is 2.60 bits per heavy atom. The van der Waals surface area contributed by atoms with Gasteiger partial charge < -0.3 is 19.9 Å². The summed E-state index contributed by atoms with van der Waals surface area (Å²) in [6.45, 7) is 14.9. The van der Waals surface area contributed by atoms with Gasteiger partial charge in [-0.25, -0.2) is 17.9 Å². The number of anilines is 2. The lowest BCUT2D eigenvalue weighted by Gasteiger charge is -2.35. The Kier molecular flexibility index (Phi) is 11.8. The Morgan fingerprint density at radius 2 is 1.88 bits per heavy atom. The van der Waals surface area contributed by atoms with Crippen molar-refractivity contribution in [3.8, 4) is 0 Å². The summed E-state index contributed by atoms with van der Waals surface area (Å²) in [5.41, 5.74) is 3.72. The number of aryl methyl sites for hydroxylation is 2. The number of amides is 2. The molecule has 2 aromatic heterocycles. The van der Waals surface area contributed by atoms with Gasteiger partial charge in [0.1, 0.15) is 5.82 Å². The number of nitrogens with one attached hydrogen (secondary N) is 2. The van der Waals surface area contributed by atoms with Crippen molar-refractivity contribution < 1.29 is 22.7 Å². The number of carbonyl (C=O) groups excluding carboxylic acids is 2. The highest BCUT2D eigenvalue weighted by Gasteiger charge is 2.33. The number of fused-ring (bicyclic) bond motifs is 1. The Morgan fingerprint density at radius 1 is 1.10 bits per heavy atom. The number of hydrogen-bond acceptors (Lipinski definition) is 8. The molecule has 274 valence electrons. The number of sulfonamides is 1. The van der Waals surface area contributed by atoms with Crippen LogP contribution in [0.15, 0.2) is 30.5 Å². The molecule has 2 aliphatic heterocycles. The predicted molar refractivity (Wildman–Crippen MR) is 197 cm³/mol. The maximum absolute atomic E-state index is 14.0. The van der Waals surface area contributed by atoms with Gasteiger partial charge in [-0.15, -0.1) is 0 Å². The van der Waals surface area contributed by atoms with Crippen LogP contribution in [0.2, 0.25) is 0 Å². The second-order valence-electron chi connectivity index (χ2n) is 14.7. The highest BCUT2D eigenvalue weighted by atomic mass is 32.2. The van der Waals surface area contributed by atoms with Gasteiger partial charge in [0, 0.05) is 56.0 Å². The van der Waals surface area contributed by atoms with E-state index in [2.05, 4.69) is 42.6 Å². The minimum absolute atomic E-state index is 0.0393. The molecule has 2 aliphatic rings. The Hall–Kier alpha value is -3.71. The molecular weight excluding hydrogens is 655 g/mol. The van der Waals surface area contributed by atoms with Crippen molar-refractivity contribution in [1.82, 2.24) is 24.8 Å². The van der Waals surface area contributed by atoms with Crippen LogP contribution in [-0.4, -0.2) is 83.9 Å². The number of hydrogen-bond donors (Lipinski definition) is 2.